The fourth-order valence-corrected chi connectivity index (χ4v) is 2.29. The average molecular weight is 266 g/mol. The van der Waals surface area contributed by atoms with E-state index in [9.17, 15) is 4.39 Å². The molecule has 1 fully saturated rings. The molecule has 0 aromatic heterocycles. The van der Waals surface area contributed by atoms with Crippen molar-refractivity contribution in [3.63, 3.8) is 0 Å². The first-order chi connectivity index (χ1) is 8.49. The topological polar surface area (TPSA) is 29.3 Å². The van der Waals surface area contributed by atoms with Gasteiger partial charge in [0.2, 0.25) is 0 Å². The maximum atomic E-state index is 13.9. The lowest BCUT2D eigenvalue weighted by atomic mass is 10.1. The number of nitrogens with zero attached hydrogens (tertiary/aromatic N) is 1. The van der Waals surface area contributed by atoms with Crippen molar-refractivity contribution in [1.29, 1.82) is 0 Å². The van der Waals surface area contributed by atoms with Crippen LogP contribution in [-0.2, 0) is 0 Å². The van der Waals surface area contributed by atoms with Crippen molar-refractivity contribution in [2.24, 2.45) is 11.7 Å². The molecule has 2 N–H and O–H groups in total. The first kappa shape index (κ1) is 13.3. The molecule has 1 aliphatic rings. The van der Waals surface area contributed by atoms with E-state index < -0.39 is 0 Å². The van der Waals surface area contributed by atoms with Gasteiger partial charge in [-0.05, 0) is 37.0 Å². The summed E-state index contributed by atoms with van der Waals surface area (Å²) in [4.78, 5) is 2.40. The summed E-state index contributed by atoms with van der Waals surface area (Å²) in [7, 11) is 0. The predicted octanol–water partition coefficient (Wildman–Crippen LogP) is 3.08. The van der Waals surface area contributed by atoms with Crippen molar-refractivity contribution in [3.05, 3.63) is 29.6 Å². The highest BCUT2D eigenvalue weighted by molar-refractivity contribution is 7.80. The molecular formula is C14H19FN2S. The van der Waals surface area contributed by atoms with Gasteiger partial charge >= 0.3 is 0 Å². The van der Waals surface area contributed by atoms with Gasteiger partial charge < -0.3 is 10.6 Å². The highest BCUT2D eigenvalue weighted by Crippen LogP contribution is 2.33. The molecule has 0 radical (unpaired) electrons. The minimum atomic E-state index is -0.325. The van der Waals surface area contributed by atoms with Gasteiger partial charge in [-0.1, -0.05) is 26.1 Å². The third kappa shape index (κ3) is 2.99. The largest absolute Gasteiger partial charge is 0.389 e. The average Bonchev–Trinajstić information content (AvgIpc) is 3.08. The third-order valence-electron chi connectivity index (χ3n) is 3.10. The fraction of sp³-hybridized carbons (Fsp3) is 0.500. The van der Waals surface area contributed by atoms with Crippen molar-refractivity contribution in [2.45, 2.75) is 32.7 Å². The summed E-state index contributed by atoms with van der Waals surface area (Å²) in [6.45, 7) is 5.31. The molecule has 0 spiro atoms. The molecule has 0 aliphatic heterocycles. The molecule has 1 aromatic rings. The van der Waals surface area contributed by atoms with Gasteiger partial charge in [0.1, 0.15) is 10.8 Å². The van der Waals surface area contributed by atoms with Gasteiger partial charge in [-0.2, -0.15) is 0 Å². The Labute approximate surface area is 113 Å². The van der Waals surface area contributed by atoms with Crippen LogP contribution >= 0.6 is 12.2 Å². The molecule has 2 nitrogen and oxygen atoms in total. The molecule has 1 aliphatic carbocycles. The molecule has 4 heteroatoms. The maximum absolute atomic E-state index is 13.9. The molecule has 0 saturated heterocycles. The Bertz CT molecular complexity index is 455. The summed E-state index contributed by atoms with van der Waals surface area (Å²) in [6.07, 6.45) is 2.40. The SMILES string of the molecule is CC(C)CN(c1ccc(C(N)=S)c(F)c1)C1CC1. The van der Waals surface area contributed by atoms with Gasteiger partial charge in [0, 0.05) is 23.8 Å². The second-order valence-corrected chi connectivity index (χ2v) is 5.75. The Balaban J connectivity index is 2.25. The zero-order valence-electron chi connectivity index (χ0n) is 10.8. The second-order valence-electron chi connectivity index (χ2n) is 5.31. The lowest BCUT2D eigenvalue weighted by molar-refractivity contribution is 0.599. The molecule has 0 unspecified atom stereocenters. The monoisotopic (exact) mass is 266 g/mol. The van der Waals surface area contributed by atoms with Crippen LogP contribution in [0.25, 0.3) is 0 Å². The zero-order valence-corrected chi connectivity index (χ0v) is 11.6. The van der Waals surface area contributed by atoms with E-state index in [4.69, 9.17) is 18.0 Å². The number of hydrogen-bond acceptors (Lipinski definition) is 2. The number of halogens is 1. The van der Waals surface area contributed by atoms with Gasteiger partial charge in [-0.15, -0.1) is 0 Å². The number of thiocarbonyl (C=S) groups is 1. The molecule has 1 aromatic carbocycles. The zero-order chi connectivity index (χ0) is 13.3. The molecule has 0 bridgehead atoms. The first-order valence-corrected chi connectivity index (χ1v) is 6.76. The lowest BCUT2D eigenvalue weighted by Gasteiger charge is -2.27. The molecule has 1 saturated carbocycles. The Hall–Kier alpha value is -1.16. The van der Waals surface area contributed by atoms with Gasteiger partial charge in [0.25, 0.3) is 0 Å². The van der Waals surface area contributed by atoms with Crippen molar-refractivity contribution >= 4 is 22.9 Å². The van der Waals surface area contributed by atoms with Crippen LogP contribution in [0.5, 0.6) is 0 Å². The van der Waals surface area contributed by atoms with E-state index in [0.717, 1.165) is 12.2 Å². The summed E-state index contributed by atoms with van der Waals surface area (Å²) in [5, 5.41) is 0. The summed E-state index contributed by atoms with van der Waals surface area (Å²) < 4.78 is 13.9. The number of anilines is 1. The molecule has 0 heterocycles. The molecule has 2 rings (SSSR count). The summed E-state index contributed by atoms with van der Waals surface area (Å²) in [5.41, 5.74) is 6.73. The van der Waals surface area contributed by atoms with Gasteiger partial charge in [-0.3, -0.25) is 0 Å². The van der Waals surface area contributed by atoms with Crippen LogP contribution in [0.4, 0.5) is 10.1 Å². The Kier molecular flexibility index (Phi) is 3.85. The van der Waals surface area contributed by atoms with Gasteiger partial charge in [0.05, 0.1) is 0 Å². The number of nitrogens with two attached hydrogens (primary N) is 1. The third-order valence-corrected chi connectivity index (χ3v) is 3.32. The standard InChI is InChI=1S/C14H19FN2S/c1-9(2)8-17(10-3-4-10)11-5-6-12(14(16)18)13(15)7-11/h5-7,9-10H,3-4,8H2,1-2H3,(H2,16,18). The normalized spacial score (nSPS) is 14.9. The van der Waals surface area contributed by atoms with Crippen molar-refractivity contribution in [1.82, 2.24) is 0 Å². The van der Waals surface area contributed by atoms with Crippen molar-refractivity contribution in [2.75, 3.05) is 11.4 Å². The van der Waals surface area contributed by atoms with Crippen LogP contribution in [0.3, 0.4) is 0 Å². The number of rotatable bonds is 5. The minimum absolute atomic E-state index is 0.112. The van der Waals surface area contributed by atoms with Crippen LogP contribution in [0.2, 0.25) is 0 Å². The van der Waals surface area contributed by atoms with Gasteiger partial charge in [0.15, 0.2) is 0 Å². The molecule has 18 heavy (non-hydrogen) atoms. The molecule has 0 atom stereocenters. The molecular weight excluding hydrogens is 247 g/mol. The van der Waals surface area contributed by atoms with Crippen LogP contribution < -0.4 is 10.6 Å². The summed E-state index contributed by atoms with van der Waals surface area (Å²) >= 11 is 4.82. The second kappa shape index (κ2) is 5.22. The Morgan fingerprint density at radius 3 is 2.61 bits per heavy atom. The highest BCUT2D eigenvalue weighted by atomic mass is 32.1. The van der Waals surface area contributed by atoms with Gasteiger partial charge in [-0.25, -0.2) is 4.39 Å². The van der Waals surface area contributed by atoms with Crippen molar-refractivity contribution in [3.8, 4) is 0 Å². The van der Waals surface area contributed by atoms with E-state index >= 15 is 0 Å². The van der Waals surface area contributed by atoms with Crippen LogP contribution in [0.1, 0.15) is 32.3 Å². The number of benzene rings is 1. The predicted molar refractivity (Wildman–Crippen MR) is 77.5 cm³/mol. The van der Waals surface area contributed by atoms with E-state index in [1.807, 2.05) is 6.07 Å². The molecule has 98 valence electrons. The Morgan fingerprint density at radius 2 is 2.17 bits per heavy atom. The van der Waals surface area contributed by atoms with E-state index in [2.05, 4.69) is 18.7 Å². The molecule has 0 amide bonds. The minimum Gasteiger partial charge on any atom is -0.389 e. The maximum Gasteiger partial charge on any atom is 0.135 e. The fourth-order valence-electron chi connectivity index (χ4n) is 2.13. The van der Waals surface area contributed by atoms with E-state index in [1.54, 1.807) is 12.1 Å². The van der Waals surface area contributed by atoms with E-state index in [-0.39, 0.29) is 10.8 Å². The highest BCUT2D eigenvalue weighted by Gasteiger charge is 2.29. The van der Waals surface area contributed by atoms with Crippen LogP contribution in [-0.4, -0.2) is 17.6 Å². The number of hydrogen-bond donors (Lipinski definition) is 1. The first-order valence-electron chi connectivity index (χ1n) is 6.35. The summed E-state index contributed by atoms with van der Waals surface area (Å²) in [5.74, 6) is 0.235. The van der Waals surface area contributed by atoms with Crippen LogP contribution in [0.15, 0.2) is 18.2 Å². The Morgan fingerprint density at radius 1 is 1.50 bits per heavy atom. The van der Waals surface area contributed by atoms with E-state index in [1.165, 1.54) is 12.8 Å². The van der Waals surface area contributed by atoms with E-state index in [0.29, 0.717) is 17.5 Å². The smallest absolute Gasteiger partial charge is 0.135 e. The van der Waals surface area contributed by atoms with Crippen LogP contribution in [0, 0.1) is 11.7 Å². The quantitative estimate of drug-likeness (QED) is 0.830. The lowest BCUT2D eigenvalue weighted by Crippen LogP contribution is -2.30. The summed E-state index contributed by atoms with van der Waals surface area (Å²) in [6, 6.07) is 5.72. The van der Waals surface area contributed by atoms with Crippen molar-refractivity contribution < 1.29 is 4.39 Å².